The number of fused-ring (bicyclic) bond motifs is 4. The number of aliphatic hydroxyl groups is 1. The van der Waals surface area contributed by atoms with Gasteiger partial charge in [-0.25, -0.2) is 32.7 Å². The number of hydrogen-bond acceptors (Lipinski definition) is 36. The van der Waals surface area contributed by atoms with Gasteiger partial charge in [-0.05, 0) is 239 Å². The van der Waals surface area contributed by atoms with Gasteiger partial charge in [0.05, 0.1) is 136 Å². The van der Waals surface area contributed by atoms with Crippen molar-refractivity contribution in [2.75, 3.05) is 96.0 Å². The van der Waals surface area contributed by atoms with Crippen LogP contribution in [0.15, 0.2) is 33.5 Å². The summed E-state index contributed by atoms with van der Waals surface area (Å²) >= 11 is 0. The third kappa shape index (κ3) is 56.1. The molecule has 133 heavy (non-hydrogen) atoms. The van der Waals surface area contributed by atoms with Gasteiger partial charge in [-0.15, -0.1) is 8.73 Å². The molecule has 4 N–H and O–H groups in total. The number of aryl methyl sites for hydroxylation is 1. The summed E-state index contributed by atoms with van der Waals surface area (Å²) < 4.78 is 165. The maximum Gasteiger partial charge on any atom is 0.323 e. The lowest BCUT2D eigenvalue weighted by molar-refractivity contribution is -0.171. The monoisotopic (exact) mass is 1960 g/mol. The molecule has 0 spiro atoms. The standard InChI is InChI=1S/C15H27NO5.C12H20O5.C11H20O3.C10H18O4.C9H14N2O.C8H11FN2O.C8H16O2.C7H14N2O2S.C7H14N2OS.C6H15NO2S/c1-8(2)11(16)14(17)20-9-6-18-13-10(7-19-12(9)13)21-15(3,4)5;1-7(13)16-8-5-14-11-9(6-15-10(8)11)17-12(2,3)4;1-7-5-12-10-8(6-13-9(7)10)14-11(2,3)4;1-10(2,3)14-7-5-13-8-6(11)4-12-9(7)8;1-7-5-10-8(11-6-7)12-9(2,3)4;1-8(2,3)12-7-10-4-6(9)5-11-7;1-8(2,3)10-7-5-4-6-9-7;1-7(2,3)11-6-12(4,10)9-5-8;1-7(2,3)10-6-11(4)9-5-8;1-6(2,3)9-5-10(4,7)8/h8-13H,6-7,16H2,1-5H3;8-11H,5-6H2,1-4H3;7-10H,5-6H2,1-4H3;6-9,11H,4-5H2,1-3H3;5-6H,1-4H3;4-5H,1-3H3;7H,4-6H2,1-3H3;6H2,1-4H3;6H2,1-4H3;7H,5H2,1-4H3/t9-,10-,11+,12-,13-;8-,9-,10-,11-;7-,8-,9-,10-;6-,7-,8-,9-;;;;;;/m1111....../s1. The Morgan fingerprint density at radius 3 is 1.20 bits per heavy atom. The number of nitrogens with one attached hydrogen (secondary N) is 1. The zero-order valence-electron chi connectivity index (χ0n) is 87.1. The lowest BCUT2D eigenvalue weighted by Crippen LogP contribution is -2.42. The van der Waals surface area contributed by atoms with E-state index in [1.807, 2.05) is 193 Å². The Balaban J connectivity index is 0.000000504. The molecular formula is C93H169FN10O26S3. The van der Waals surface area contributed by atoms with Crippen molar-refractivity contribution >= 4 is 42.1 Å². The number of halogens is 1. The van der Waals surface area contributed by atoms with Gasteiger partial charge < -0.3 is 110 Å². The Bertz CT molecular complexity index is 3980. The van der Waals surface area contributed by atoms with Crippen LogP contribution < -0.4 is 15.2 Å². The molecule has 0 amide bonds. The van der Waals surface area contributed by atoms with Crippen molar-refractivity contribution < 1.29 is 127 Å². The van der Waals surface area contributed by atoms with Crippen molar-refractivity contribution in [2.45, 2.75) is 415 Å². The van der Waals surface area contributed by atoms with Gasteiger partial charge in [0.2, 0.25) is 12.4 Å². The molecule has 9 aliphatic heterocycles. The molecule has 0 saturated carbocycles. The Hall–Kier alpha value is -5.10. The van der Waals surface area contributed by atoms with Crippen LogP contribution in [0.1, 0.15) is 254 Å². The zero-order chi connectivity index (χ0) is 102. The van der Waals surface area contributed by atoms with Gasteiger partial charge in [-0.1, -0.05) is 31.5 Å². The highest BCUT2D eigenvalue weighted by atomic mass is 32.2. The molecule has 11 rings (SSSR count). The normalized spacial score (nSPS) is 27.3. The number of carbonyl (C=O) groups excluding carboxylic acids is 2. The number of aliphatic hydroxyl groups excluding tert-OH is 1. The summed E-state index contributed by atoms with van der Waals surface area (Å²) in [7, 11) is -5.23. The second-order valence-electron chi connectivity index (χ2n) is 43.8. The average molecular weight is 1960 g/mol. The van der Waals surface area contributed by atoms with Crippen LogP contribution in [0.4, 0.5) is 4.39 Å². The van der Waals surface area contributed by atoms with E-state index in [0.29, 0.717) is 64.1 Å². The zero-order valence-corrected chi connectivity index (χ0v) is 89.5. The van der Waals surface area contributed by atoms with Gasteiger partial charge in [0.25, 0.3) is 0 Å². The molecule has 0 aromatic carbocycles. The van der Waals surface area contributed by atoms with Gasteiger partial charge in [0, 0.05) is 50.8 Å². The minimum absolute atomic E-state index is 0.00403. The highest BCUT2D eigenvalue weighted by Crippen LogP contribution is 2.37. The molecule has 9 saturated heterocycles. The number of nitriles is 2. The third-order valence-electron chi connectivity index (χ3n) is 17.8. The minimum Gasteiger partial charge on any atom is -0.458 e. The van der Waals surface area contributed by atoms with Gasteiger partial charge in [0.1, 0.15) is 108 Å². The van der Waals surface area contributed by atoms with E-state index in [2.05, 4.69) is 77.1 Å². The molecule has 9 aliphatic rings. The van der Waals surface area contributed by atoms with Gasteiger partial charge in [-0.2, -0.15) is 10.5 Å². The summed E-state index contributed by atoms with van der Waals surface area (Å²) in [6.45, 7) is 73.2. The first-order valence-corrected chi connectivity index (χ1v) is 51.3. The number of esters is 2. The van der Waals surface area contributed by atoms with Crippen LogP contribution in [0, 0.1) is 52.3 Å². The molecule has 0 radical (unpaired) electrons. The number of aromatic nitrogens is 4. The van der Waals surface area contributed by atoms with Crippen molar-refractivity contribution in [2.24, 2.45) is 26.3 Å². The highest BCUT2D eigenvalue weighted by molar-refractivity contribution is 7.92. The topological polar surface area (TPSA) is 456 Å². The van der Waals surface area contributed by atoms with E-state index in [9.17, 15) is 27.5 Å². The summed E-state index contributed by atoms with van der Waals surface area (Å²) in [6, 6.07) is 0.0177. The highest BCUT2D eigenvalue weighted by Gasteiger charge is 2.54. The fourth-order valence-corrected chi connectivity index (χ4v) is 14.6. The first-order chi connectivity index (χ1) is 60.4. The molecule has 21 atom stereocenters. The molecule has 9 fully saturated rings. The number of carbonyl (C=O) groups is 2. The number of nitrogens with two attached hydrogens (primary N) is 1. The summed E-state index contributed by atoms with van der Waals surface area (Å²) in [4.78, 5) is 38.3. The predicted molar refractivity (Wildman–Crippen MR) is 507 cm³/mol. The first kappa shape index (κ1) is 124. The number of ether oxygens (including phenoxy) is 21. The van der Waals surface area contributed by atoms with Crippen molar-refractivity contribution in [1.82, 2.24) is 19.9 Å². The van der Waals surface area contributed by atoms with Gasteiger partial charge in [0.15, 0.2) is 24.3 Å². The average Bonchev–Trinajstić information content (AvgIpc) is 1.65. The Kier molecular flexibility index (Phi) is 50.9. The Morgan fingerprint density at radius 1 is 0.511 bits per heavy atom. The van der Waals surface area contributed by atoms with Gasteiger partial charge in [-0.3, -0.25) is 14.4 Å². The summed E-state index contributed by atoms with van der Waals surface area (Å²) in [5.41, 5.74) is 4.64. The molecule has 2 aromatic rings. The first-order valence-electron chi connectivity index (χ1n) is 45.3. The number of rotatable bonds is 17. The largest absolute Gasteiger partial charge is 0.458 e. The lowest BCUT2D eigenvalue weighted by atomic mass is 10.0. The van der Waals surface area contributed by atoms with E-state index in [4.69, 9.17) is 121 Å². The van der Waals surface area contributed by atoms with E-state index < -0.39 is 49.5 Å². The molecular weight excluding hydrogens is 1790 g/mol. The summed E-state index contributed by atoms with van der Waals surface area (Å²) in [5.74, 6) is -0.0505. The molecule has 0 bridgehead atoms. The summed E-state index contributed by atoms with van der Waals surface area (Å²) in [5, 5.41) is 25.9. The fourth-order valence-electron chi connectivity index (χ4n) is 12.5. The molecule has 772 valence electrons. The van der Waals surface area contributed by atoms with E-state index in [1.54, 1.807) is 18.6 Å². The third-order valence-corrected chi connectivity index (χ3v) is 20.2. The van der Waals surface area contributed by atoms with Crippen LogP contribution in [0.5, 0.6) is 12.0 Å². The van der Waals surface area contributed by atoms with Crippen LogP contribution in [-0.2, 0) is 130 Å². The molecule has 36 nitrogen and oxygen atoms in total. The molecule has 4 unspecified atom stereocenters. The van der Waals surface area contributed by atoms with Gasteiger partial charge >= 0.3 is 24.0 Å². The molecule has 11 heterocycles. The predicted octanol–water partition coefficient (Wildman–Crippen LogP) is 13.8. The number of nitrogens with zero attached hydrogens (tertiary/aromatic N) is 8. The Labute approximate surface area is 798 Å². The van der Waals surface area contributed by atoms with Crippen LogP contribution in [0.2, 0.25) is 0 Å². The maximum absolute atomic E-state index is 12.3. The van der Waals surface area contributed by atoms with E-state index in [1.165, 1.54) is 25.6 Å². The lowest BCUT2D eigenvalue weighted by Gasteiger charge is -2.26. The fraction of sp³-hybridized carbons (Fsp3) is 0.871. The van der Waals surface area contributed by atoms with Crippen LogP contribution in [0.3, 0.4) is 0 Å². The van der Waals surface area contributed by atoms with Crippen molar-refractivity contribution in [3.63, 3.8) is 0 Å². The number of hydrogen-bond donors (Lipinski definition) is 3. The van der Waals surface area contributed by atoms with Crippen LogP contribution in [0.25, 0.3) is 0 Å². The van der Waals surface area contributed by atoms with E-state index in [-0.39, 0.29) is 182 Å². The molecule has 2 aromatic heterocycles. The maximum atomic E-state index is 12.3. The summed E-state index contributed by atoms with van der Waals surface area (Å²) in [6.07, 6.45) is 13.9. The second kappa shape index (κ2) is 54.6. The van der Waals surface area contributed by atoms with Crippen molar-refractivity contribution in [1.29, 1.82) is 15.3 Å². The SMILES string of the molecule is CC(=O)O[C@@H]1CO[C@H]2[C@@H]1OC[C@H]2OC(C)(C)C.CC(C)(C)OC1CCCO1.CC(C)(C)OCS(C)(=N)=O.CC(C)(C)OCS(C)(=O)=NC#N.CC(C)(C)O[C@@H]1CO[C@H]2[C@@H]1OC[C@H]2O.CC(C)(C)Oc1ncc(F)cn1.CC(C)[C@H](N)C(=O)O[C@@H]1CO[C@H]2[C@@H]1OC[C@H]2OC(C)(C)C.CS(COC(C)(C)C)=NC#N.C[C@@H]1CO[C@H]2[C@@H]1OC[C@H]2OC(C)(C)C.Cc1cnc(OC(C)(C)C)nc1. The smallest absolute Gasteiger partial charge is 0.323 e. The van der Waals surface area contributed by atoms with E-state index in [0.717, 1.165) is 44.0 Å². The van der Waals surface area contributed by atoms with E-state index >= 15 is 0 Å². The van der Waals surface area contributed by atoms with Crippen LogP contribution >= 0.6 is 0 Å². The minimum atomic E-state index is -2.48. The van der Waals surface area contributed by atoms with Crippen LogP contribution in [-0.4, -0.2) is 301 Å². The second-order valence-corrected chi connectivity index (χ2v) is 50.0. The quantitative estimate of drug-likeness (QED) is 0.0978. The molecule has 0 aliphatic carbocycles. The van der Waals surface area contributed by atoms with Crippen molar-refractivity contribution in [3.8, 4) is 24.4 Å². The Morgan fingerprint density at radius 2 is 0.857 bits per heavy atom. The van der Waals surface area contributed by atoms with Crippen molar-refractivity contribution in [3.05, 3.63) is 36.2 Å². The molecule has 40 heteroatoms.